The molecular weight excluding hydrogens is 227 g/mol. The summed E-state index contributed by atoms with van der Waals surface area (Å²) in [6.45, 7) is 0. The third-order valence-corrected chi connectivity index (χ3v) is 1.50. The van der Waals surface area contributed by atoms with Crippen LogP contribution in [-0.4, -0.2) is 19.6 Å². The fraction of sp³-hybridized carbons (Fsp3) is 0.222. The summed E-state index contributed by atoms with van der Waals surface area (Å²) in [6, 6.07) is 4.87. The first kappa shape index (κ1) is 12.2. The molecule has 1 aromatic rings. The topological polar surface area (TPSA) is 47.6 Å². The van der Waals surface area contributed by atoms with Crippen LogP contribution in [0, 0.1) is 0 Å². The van der Waals surface area contributed by atoms with Gasteiger partial charge in [-0.25, -0.2) is 4.79 Å². The SMILES string of the molecule is COC(=O)Nc1cccc(OC(F)(F)F)c1. The Morgan fingerprint density at radius 2 is 2.06 bits per heavy atom. The maximum atomic E-state index is 11.9. The molecule has 1 amide bonds. The molecule has 0 saturated carbocycles. The van der Waals surface area contributed by atoms with E-state index in [-0.39, 0.29) is 5.69 Å². The third-order valence-electron chi connectivity index (χ3n) is 1.50. The van der Waals surface area contributed by atoms with Crippen molar-refractivity contribution < 1.29 is 27.4 Å². The minimum absolute atomic E-state index is 0.147. The summed E-state index contributed by atoms with van der Waals surface area (Å²) in [6.07, 6.45) is -5.53. The van der Waals surface area contributed by atoms with Gasteiger partial charge in [-0.15, -0.1) is 13.2 Å². The maximum Gasteiger partial charge on any atom is 0.573 e. The highest BCUT2D eigenvalue weighted by molar-refractivity contribution is 5.84. The highest BCUT2D eigenvalue weighted by Gasteiger charge is 2.31. The van der Waals surface area contributed by atoms with Gasteiger partial charge in [-0.2, -0.15) is 0 Å². The van der Waals surface area contributed by atoms with Crippen LogP contribution in [0.5, 0.6) is 5.75 Å². The second kappa shape index (κ2) is 4.73. The summed E-state index contributed by atoms with van der Waals surface area (Å²) in [7, 11) is 1.14. The minimum atomic E-state index is -4.76. The number of rotatable bonds is 2. The number of alkyl halides is 3. The van der Waals surface area contributed by atoms with E-state index in [4.69, 9.17) is 0 Å². The lowest BCUT2D eigenvalue weighted by molar-refractivity contribution is -0.274. The molecule has 0 bridgehead atoms. The fourth-order valence-corrected chi connectivity index (χ4v) is 0.940. The Morgan fingerprint density at radius 3 is 2.62 bits per heavy atom. The Kier molecular flexibility index (Phi) is 3.60. The number of ether oxygens (including phenoxy) is 2. The fourth-order valence-electron chi connectivity index (χ4n) is 0.940. The average molecular weight is 235 g/mol. The number of benzene rings is 1. The number of hydrogen-bond donors (Lipinski definition) is 1. The summed E-state index contributed by atoms with van der Waals surface area (Å²) in [5, 5.41) is 2.21. The number of carbonyl (C=O) groups excluding carboxylic acids is 1. The first-order valence-corrected chi connectivity index (χ1v) is 4.11. The van der Waals surface area contributed by atoms with Crippen LogP contribution in [0.25, 0.3) is 0 Å². The van der Waals surface area contributed by atoms with Crippen molar-refractivity contribution in [3.8, 4) is 5.75 Å². The van der Waals surface area contributed by atoms with Crippen molar-refractivity contribution in [1.82, 2.24) is 0 Å². The van der Waals surface area contributed by atoms with Gasteiger partial charge in [0.25, 0.3) is 0 Å². The Balaban J connectivity index is 2.75. The number of hydrogen-bond acceptors (Lipinski definition) is 3. The standard InChI is InChI=1S/C9H8F3NO3/c1-15-8(14)13-6-3-2-4-7(5-6)16-9(10,11)12/h2-5H,1H3,(H,13,14). The van der Waals surface area contributed by atoms with E-state index >= 15 is 0 Å². The van der Waals surface area contributed by atoms with E-state index in [2.05, 4.69) is 14.8 Å². The summed E-state index contributed by atoms with van der Waals surface area (Å²) < 4.78 is 43.5. The van der Waals surface area contributed by atoms with Gasteiger partial charge in [0.15, 0.2) is 0 Å². The van der Waals surface area contributed by atoms with Gasteiger partial charge >= 0.3 is 12.5 Å². The lowest BCUT2D eigenvalue weighted by Crippen LogP contribution is -2.17. The van der Waals surface area contributed by atoms with Gasteiger partial charge in [-0.05, 0) is 12.1 Å². The van der Waals surface area contributed by atoms with Gasteiger partial charge in [0.05, 0.1) is 7.11 Å². The molecule has 0 aliphatic carbocycles. The minimum Gasteiger partial charge on any atom is -0.453 e. The van der Waals surface area contributed by atoms with Gasteiger partial charge in [0.1, 0.15) is 5.75 Å². The maximum absolute atomic E-state index is 11.9. The van der Waals surface area contributed by atoms with Crippen molar-refractivity contribution in [3.05, 3.63) is 24.3 Å². The monoisotopic (exact) mass is 235 g/mol. The van der Waals surface area contributed by atoms with Crippen molar-refractivity contribution in [2.24, 2.45) is 0 Å². The van der Waals surface area contributed by atoms with Crippen LogP contribution < -0.4 is 10.1 Å². The van der Waals surface area contributed by atoms with E-state index in [0.717, 1.165) is 19.2 Å². The number of nitrogens with one attached hydrogen (secondary N) is 1. The van der Waals surface area contributed by atoms with Crippen LogP contribution in [-0.2, 0) is 4.74 Å². The van der Waals surface area contributed by atoms with Crippen LogP contribution in [0.2, 0.25) is 0 Å². The quantitative estimate of drug-likeness (QED) is 0.857. The molecule has 0 spiro atoms. The van der Waals surface area contributed by atoms with Crippen molar-refractivity contribution >= 4 is 11.8 Å². The van der Waals surface area contributed by atoms with E-state index in [1.807, 2.05) is 0 Å². The molecule has 1 N–H and O–H groups in total. The summed E-state index contributed by atoms with van der Waals surface area (Å²) in [5.74, 6) is -0.415. The zero-order valence-corrected chi connectivity index (χ0v) is 8.17. The zero-order chi connectivity index (χ0) is 12.2. The Bertz CT molecular complexity index is 379. The molecule has 0 saturated heterocycles. The second-order valence-electron chi connectivity index (χ2n) is 2.69. The van der Waals surface area contributed by atoms with E-state index in [1.165, 1.54) is 12.1 Å². The molecule has 88 valence electrons. The highest BCUT2D eigenvalue weighted by atomic mass is 19.4. The van der Waals surface area contributed by atoms with Crippen LogP contribution in [0.3, 0.4) is 0 Å². The number of methoxy groups -OCH3 is 1. The molecule has 4 nitrogen and oxygen atoms in total. The molecule has 0 radical (unpaired) electrons. The van der Waals surface area contributed by atoms with Crippen LogP contribution in [0.1, 0.15) is 0 Å². The number of halogens is 3. The largest absolute Gasteiger partial charge is 0.573 e. The lowest BCUT2D eigenvalue weighted by atomic mass is 10.3. The van der Waals surface area contributed by atoms with Crippen molar-refractivity contribution in [3.63, 3.8) is 0 Å². The second-order valence-corrected chi connectivity index (χ2v) is 2.69. The van der Waals surface area contributed by atoms with Crippen LogP contribution in [0.15, 0.2) is 24.3 Å². The molecule has 1 aromatic carbocycles. The Labute approximate surface area is 89.0 Å². The molecule has 0 aromatic heterocycles. The van der Waals surface area contributed by atoms with Crippen molar-refractivity contribution in [2.45, 2.75) is 6.36 Å². The number of carbonyl (C=O) groups is 1. The first-order chi connectivity index (χ1) is 7.40. The van der Waals surface area contributed by atoms with Gasteiger partial charge in [-0.1, -0.05) is 6.07 Å². The normalized spacial score (nSPS) is 10.8. The Morgan fingerprint density at radius 1 is 1.38 bits per heavy atom. The average Bonchev–Trinajstić information content (AvgIpc) is 2.15. The highest BCUT2D eigenvalue weighted by Crippen LogP contribution is 2.24. The van der Waals surface area contributed by atoms with E-state index in [1.54, 1.807) is 0 Å². The smallest absolute Gasteiger partial charge is 0.453 e. The molecule has 0 atom stereocenters. The Hall–Kier alpha value is -1.92. The lowest BCUT2D eigenvalue weighted by Gasteiger charge is -2.10. The number of amides is 1. The number of anilines is 1. The van der Waals surface area contributed by atoms with Crippen LogP contribution in [0.4, 0.5) is 23.7 Å². The molecule has 0 fully saturated rings. The molecule has 16 heavy (non-hydrogen) atoms. The molecule has 0 aliphatic rings. The zero-order valence-electron chi connectivity index (χ0n) is 8.17. The van der Waals surface area contributed by atoms with E-state index in [0.29, 0.717) is 0 Å². The van der Waals surface area contributed by atoms with E-state index in [9.17, 15) is 18.0 Å². The van der Waals surface area contributed by atoms with Gasteiger partial charge < -0.3 is 9.47 Å². The predicted octanol–water partition coefficient (Wildman–Crippen LogP) is 2.76. The van der Waals surface area contributed by atoms with E-state index < -0.39 is 18.2 Å². The third kappa shape index (κ3) is 4.07. The molecular formula is C9H8F3NO3. The molecule has 0 aliphatic heterocycles. The van der Waals surface area contributed by atoms with Gasteiger partial charge in [0, 0.05) is 11.8 Å². The molecule has 0 unspecified atom stereocenters. The molecule has 1 rings (SSSR count). The molecule has 7 heteroatoms. The first-order valence-electron chi connectivity index (χ1n) is 4.11. The van der Waals surface area contributed by atoms with Crippen molar-refractivity contribution in [2.75, 3.05) is 12.4 Å². The van der Waals surface area contributed by atoms with Gasteiger partial charge in [0.2, 0.25) is 0 Å². The van der Waals surface area contributed by atoms with Crippen molar-refractivity contribution in [1.29, 1.82) is 0 Å². The summed E-state index contributed by atoms with van der Waals surface area (Å²) in [4.78, 5) is 10.8. The molecule has 0 heterocycles. The summed E-state index contributed by atoms with van der Waals surface area (Å²) >= 11 is 0. The van der Waals surface area contributed by atoms with Gasteiger partial charge in [-0.3, -0.25) is 5.32 Å². The van der Waals surface area contributed by atoms with Crippen LogP contribution >= 0.6 is 0 Å². The predicted molar refractivity (Wildman–Crippen MR) is 49.2 cm³/mol. The summed E-state index contributed by atoms with van der Waals surface area (Å²) in [5.41, 5.74) is 0.147.